The number of rotatable bonds is 7. The normalized spacial score (nSPS) is 18.2. The van der Waals surface area contributed by atoms with Crippen LogP contribution in [-0.4, -0.2) is 51.9 Å². The van der Waals surface area contributed by atoms with Gasteiger partial charge in [0.1, 0.15) is 4.90 Å². The Morgan fingerprint density at radius 3 is 2.50 bits per heavy atom. The van der Waals surface area contributed by atoms with E-state index in [4.69, 9.17) is 0 Å². The van der Waals surface area contributed by atoms with Crippen LogP contribution < -0.4 is 14.9 Å². The smallest absolute Gasteiger partial charge is 0.256 e. The molecule has 1 amide bonds. The summed E-state index contributed by atoms with van der Waals surface area (Å²) in [6, 6.07) is 20.1. The number of hydrogen-bond acceptors (Lipinski definition) is 5. The minimum atomic E-state index is -3.90. The lowest BCUT2D eigenvalue weighted by molar-refractivity contribution is 0.102. The van der Waals surface area contributed by atoms with Gasteiger partial charge in [0.2, 0.25) is 10.0 Å². The Morgan fingerprint density at radius 1 is 1.00 bits per heavy atom. The second kappa shape index (κ2) is 11.6. The topological polar surface area (TPSA) is 81.8 Å². The highest BCUT2D eigenvalue weighted by atomic mass is 79.9. The highest BCUT2D eigenvalue weighted by Crippen LogP contribution is 2.34. The number of nitrogens with zero attached hydrogens (tertiary/aromatic N) is 2. The van der Waals surface area contributed by atoms with Crippen LogP contribution in [0, 0.1) is 0 Å². The van der Waals surface area contributed by atoms with Crippen LogP contribution in [0.1, 0.15) is 47.3 Å². The van der Waals surface area contributed by atoms with Crippen LogP contribution in [0.15, 0.2) is 76.1 Å². The predicted molar refractivity (Wildman–Crippen MR) is 155 cm³/mol. The SMILES string of the molecule is CCN1CCN(c2ccc(NC(=O)c3ccccc3Br)cc2S(=O)(=O)NC2CCCc3ccccc32)CC1. The molecule has 2 aliphatic rings. The summed E-state index contributed by atoms with van der Waals surface area (Å²) in [6.07, 6.45) is 2.63. The van der Waals surface area contributed by atoms with Gasteiger partial charge in [0.05, 0.1) is 11.3 Å². The minimum Gasteiger partial charge on any atom is -0.368 e. The number of halogens is 1. The predicted octanol–water partition coefficient (Wildman–Crippen LogP) is 5.20. The van der Waals surface area contributed by atoms with E-state index in [9.17, 15) is 13.2 Å². The molecule has 7 nitrogen and oxygen atoms in total. The zero-order chi connectivity index (χ0) is 26.7. The van der Waals surface area contributed by atoms with Gasteiger partial charge in [-0.05, 0) is 83.2 Å². The highest BCUT2D eigenvalue weighted by Gasteiger charge is 2.30. The van der Waals surface area contributed by atoms with Crippen molar-refractivity contribution in [3.8, 4) is 0 Å². The molecule has 1 heterocycles. The van der Waals surface area contributed by atoms with E-state index < -0.39 is 10.0 Å². The Labute approximate surface area is 233 Å². The third kappa shape index (κ3) is 5.81. The zero-order valence-corrected chi connectivity index (χ0v) is 23.9. The number of amides is 1. The molecule has 3 aromatic rings. The summed E-state index contributed by atoms with van der Waals surface area (Å²) in [6.45, 7) is 6.35. The lowest BCUT2D eigenvalue weighted by Crippen LogP contribution is -2.46. The van der Waals surface area contributed by atoms with E-state index >= 15 is 0 Å². The second-order valence-electron chi connectivity index (χ2n) is 9.80. The number of fused-ring (bicyclic) bond motifs is 1. The first-order valence-electron chi connectivity index (χ1n) is 13.1. The van der Waals surface area contributed by atoms with Gasteiger partial charge < -0.3 is 15.1 Å². The number of sulfonamides is 1. The number of piperazine rings is 1. The Balaban J connectivity index is 1.48. The van der Waals surface area contributed by atoms with Crippen molar-refractivity contribution in [2.75, 3.05) is 42.9 Å². The molecule has 1 atom stereocenters. The van der Waals surface area contributed by atoms with Crippen molar-refractivity contribution in [1.29, 1.82) is 0 Å². The third-order valence-electron chi connectivity index (χ3n) is 7.45. The number of carbonyl (C=O) groups is 1. The fraction of sp³-hybridized carbons (Fsp3) is 0.345. The van der Waals surface area contributed by atoms with Crippen LogP contribution in [-0.2, 0) is 16.4 Å². The summed E-state index contributed by atoms with van der Waals surface area (Å²) in [5.74, 6) is -0.306. The van der Waals surface area contributed by atoms with Gasteiger partial charge in [-0.25, -0.2) is 13.1 Å². The first-order chi connectivity index (χ1) is 18.4. The van der Waals surface area contributed by atoms with Crippen LogP contribution in [0.3, 0.4) is 0 Å². The van der Waals surface area contributed by atoms with E-state index in [1.807, 2.05) is 30.3 Å². The summed E-state index contributed by atoms with van der Waals surface area (Å²) in [7, 11) is -3.90. The largest absolute Gasteiger partial charge is 0.368 e. The van der Waals surface area contributed by atoms with Crippen LogP contribution in [0.5, 0.6) is 0 Å². The minimum absolute atomic E-state index is 0.190. The molecule has 200 valence electrons. The molecule has 5 rings (SSSR count). The summed E-state index contributed by atoms with van der Waals surface area (Å²) >= 11 is 3.42. The number of likely N-dealkylation sites (N-methyl/N-ethyl adjacent to an activating group) is 1. The first-order valence-corrected chi connectivity index (χ1v) is 15.4. The maximum Gasteiger partial charge on any atom is 0.256 e. The van der Waals surface area contributed by atoms with Gasteiger partial charge >= 0.3 is 0 Å². The Bertz CT molecular complexity index is 1420. The van der Waals surface area contributed by atoms with E-state index in [-0.39, 0.29) is 16.8 Å². The molecule has 0 aromatic heterocycles. The molecule has 9 heteroatoms. The van der Waals surface area contributed by atoms with Crippen LogP contribution >= 0.6 is 15.9 Å². The Hall–Kier alpha value is -2.72. The molecule has 1 unspecified atom stereocenters. The monoisotopic (exact) mass is 596 g/mol. The lowest BCUT2D eigenvalue weighted by atomic mass is 9.88. The maximum absolute atomic E-state index is 14.0. The molecule has 0 bridgehead atoms. The fourth-order valence-corrected chi connectivity index (χ4v) is 7.31. The quantitative estimate of drug-likeness (QED) is 0.392. The van der Waals surface area contributed by atoms with Crippen molar-refractivity contribution in [3.63, 3.8) is 0 Å². The Morgan fingerprint density at radius 2 is 1.74 bits per heavy atom. The number of carbonyl (C=O) groups excluding carboxylic acids is 1. The van der Waals surface area contributed by atoms with Gasteiger partial charge in [-0.2, -0.15) is 0 Å². The first kappa shape index (κ1) is 26.9. The lowest BCUT2D eigenvalue weighted by Gasteiger charge is -2.36. The molecule has 38 heavy (non-hydrogen) atoms. The molecular weight excluding hydrogens is 564 g/mol. The fourth-order valence-electron chi connectivity index (χ4n) is 5.34. The average Bonchev–Trinajstić information content (AvgIpc) is 2.93. The van der Waals surface area contributed by atoms with Crippen molar-refractivity contribution in [2.24, 2.45) is 0 Å². The average molecular weight is 598 g/mol. The molecule has 3 aromatic carbocycles. The van der Waals surface area contributed by atoms with Gasteiger partial charge in [0.15, 0.2) is 0 Å². The van der Waals surface area contributed by atoms with E-state index in [1.54, 1.807) is 30.3 Å². The zero-order valence-electron chi connectivity index (χ0n) is 21.5. The van der Waals surface area contributed by atoms with E-state index in [0.29, 0.717) is 21.4 Å². The number of aryl methyl sites for hydroxylation is 1. The van der Waals surface area contributed by atoms with Gasteiger partial charge in [-0.15, -0.1) is 0 Å². The molecule has 2 N–H and O–H groups in total. The van der Waals surface area contributed by atoms with Crippen molar-refractivity contribution in [1.82, 2.24) is 9.62 Å². The van der Waals surface area contributed by atoms with Crippen molar-refractivity contribution >= 4 is 43.2 Å². The molecule has 0 spiro atoms. The number of benzene rings is 3. The van der Waals surface area contributed by atoms with Gasteiger partial charge in [0, 0.05) is 42.4 Å². The number of anilines is 2. The molecule has 1 aliphatic heterocycles. The van der Waals surface area contributed by atoms with Gasteiger partial charge in [0.25, 0.3) is 5.91 Å². The molecule has 0 saturated carbocycles. The summed E-state index contributed by atoms with van der Waals surface area (Å²) < 4.78 is 31.7. The van der Waals surface area contributed by atoms with Gasteiger partial charge in [-0.1, -0.05) is 43.3 Å². The van der Waals surface area contributed by atoms with Crippen molar-refractivity contribution in [3.05, 3.63) is 87.9 Å². The van der Waals surface area contributed by atoms with E-state index in [1.165, 1.54) is 5.56 Å². The molecule has 1 saturated heterocycles. The Kier molecular flexibility index (Phi) is 8.18. The standard InChI is InChI=1S/C29H33BrN4O3S/c1-2-33-16-18-34(19-17-33)27-15-14-22(31-29(35)24-11-5-6-12-25(24)30)20-28(27)38(36,37)32-26-13-7-9-21-8-3-4-10-23(21)26/h3-6,8,10-12,14-15,20,26,32H,2,7,9,13,16-19H2,1H3,(H,31,35). The molecule has 0 radical (unpaired) electrons. The summed E-state index contributed by atoms with van der Waals surface area (Å²) in [5, 5.41) is 2.89. The third-order valence-corrected chi connectivity index (χ3v) is 9.65. The second-order valence-corrected chi connectivity index (χ2v) is 12.3. The number of nitrogens with one attached hydrogen (secondary N) is 2. The van der Waals surface area contributed by atoms with Crippen LogP contribution in [0.25, 0.3) is 0 Å². The van der Waals surface area contributed by atoms with Gasteiger partial charge in [-0.3, -0.25) is 4.79 Å². The summed E-state index contributed by atoms with van der Waals surface area (Å²) in [5.41, 5.74) is 3.81. The van der Waals surface area contributed by atoms with Crippen molar-refractivity contribution in [2.45, 2.75) is 37.1 Å². The molecule has 1 aliphatic carbocycles. The number of hydrogen-bond donors (Lipinski definition) is 2. The van der Waals surface area contributed by atoms with Crippen LogP contribution in [0.4, 0.5) is 11.4 Å². The molecular formula is C29H33BrN4O3S. The summed E-state index contributed by atoms with van der Waals surface area (Å²) in [4.78, 5) is 17.7. The maximum atomic E-state index is 14.0. The van der Waals surface area contributed by atoms with E-state index in [2.05, 4.69) is 48.8 Å². The van der Waals surface area contributed by atoms with E-state index in [0.717, 1.165) is 57.5 Å². The highest BCUT2D eigenvalue weighted by molar-refractivity contribution is 9.10. The molecule has 1 fully saturated rings. The van der Waals surface area contributed by atoms with Crippen LogP contribution in [0.2, 0.25) is 0 Å². The van der Waals surface area contributed by atoms with Crippen molar-refractivity contribution < 1.29 is 13.2 Å².